The first-order valence-electron chi connectivity index (χ1n) is 10.4. The zero-order chi connectivity index (χ0) is 22.5. The van der Waals surface area contributed by atoms with Crippen molar-refractivity contribution < 1.29 is 14.3 Å². The van der Waals surface area contributed by atoms with Gasteiger partial charge in [-0.25, -0.2) is 14.6 Å². The van der Waals surface area contributed by atoms with Crippen LogP contribution in [0.3, 0.4) is 0 Å². The molecule has 3 heterocycles. The number of carbonyl (C=O) groups excluding carboxylic acids is 1. The van der Waals surface area contributed by atoms with Gasteiger partial charge in [-0.1, -0.05) is 31.7 Å². The summed E-state index contributed by atoms with van der Waals surface area (Å²) in [6.45, 7) is 6.26. The highest BCUT2D eigenvalue weighted by Crippen LogP contribution is 2.32. The highest BCUT2D eigenvalue weighted by molar-refractivity contribution is 7.98. The summed E-state index contributed by atoms with van der Waals surface area (Å²) in [6, 6.07) is 5.55. The Morgan fingerprint density at radius 2 is 2.12 bits per heavy atom. The second-order valence-corrected chi connectivity index (χ2v) is 8.45. The molecule has 0 spiro atoms. The van der Waals surface area contributed by atoms with E-state index >= 15 is 0 Å². The second kappa shape index (κ2) is 9.90. The molecule has 0 saturated heterocycles. The van der Waals surface area contributed by atoms with Crippen molar-refractivity contribution in [2.75, 3.05) is 31.5 Å². The highest BCUT2D eigenvalue weighted by atomic mass is 32.2. The predicted molar refractivity (Wildman–Crippen MR) is 125 cm³/mol. The van der Waals surface area contributed by atoms with Crippen molar-refractivity contribution in [3.8, 4) is 11.5 Å². The summed E-state index contributed by atoms with van der Waals surface area (Å²) in [6.07, 6.45) is 6.95. The molecule has 32 heavy (non-hydrogen) atoms. The number of fused-ring (bicyclic) bond motifs is 2. The molecular weight excluding hydrogens is 428 g/mol. The Labute approximate surface area is 190 Å². The molecule has 0 fully saturated rings. The maximum absolute atomic E-state index is 12.2. The number of ether oxygens (including phenoxy) is 2. The lowest BCUT2D eigenvalue weighted by atomic mass is 10.2. The molecule has 0 aliphatic carbocycles. The number of rotatable bonds is 9. The minimum Gasteiger partial charge on any atom is -0.454 e. The summed E-state index contributed by atoms with van der Waals surface area (Å²) in [5, 5.41) is 12.3. The molecular formula is C22H26N6O3S. The Bertz CT molecular complexity index is 1140. The van der Waals surface area contributed by atoms with Gasteiger partial charge in [0.05, 0.1) is 18.1 Å². The first kappa shape index (κ1) is 21.9. The average molecular weight is 455 g/mol. The molecule has 0 radical (unpaired) electrons. The van der Waals surface area contributed by atoms with Gasteiger partial charge in [-0.3, -0.25) is 4.79 Å². The van der Waals surface area contributed by atoms with Crippen LogP contribution in [0.25, 0.3) is 17.1 Å². The van der Waals surface area contributed by atoms with Gasteiger partial charge in [0, 0.05) is 19.2 Å². The van der Waals surface area contributed by atoms with Gasteiger partial charge in [0.2, 0.25) is 12.7 Å². The van der Waals surface area contributed by atoms with E-state index in [1.165, 1.54) is 17.8 Å². The third-order valence-corrected chi connectivity index (χ3v) is 5.33. The summed E-state index contributed by atoms with van der Waals surface area (Å²) in [5.41, 5.74) is 1.62. The Kier molecular flexibility index (Phi) is 6.79. The zero-order valence-electron chi connectivity index (χ0n) is 18.3. The van der Waals surface area contributed by atoms with E-state index in [1.54, 1.807) is 17.0 Å². The van der Waals surface area contributed by atoms with Crippen molar-refractivity contribution in [1.29, 1.82) is 0 Å². The van der Waals surface area contributed by atoms with Gasteiger partial charge in [-0.05, 0) is 35.9 Å². The van der Waals surface area contributed by atoms with Crippen LogP contribution in [0.2, 0.25) is 0 Å². The molecule has 9 nitrogen and oxygen atoms in total. The number of nitrogens with one attached hydrogen (secondary N) is 2. The van der Waals surface area contributed by atoms with Gasteiger partial charge in [0.1, 0.15) is 5.82 Å². The van der Waals surface area contributed by atoms with E-state index in [9.17, 15) is 4.79 Å². The largest absolute Gasteiger partial charge is 0.454 e. The Morgan fingerprint density at radius 1 is 1.28 bits per heavy atom. The van der Waals surface area contributed by atoms with Crippen LogP contribution in [0.15, 0.2) is 35.6 Å². The molecule has 0 unspecified atom stereocenters. The lowest BCUT2D eigenvalue weighted by molar-refractivity contribution is -0.116. The quantitative estimate of drug-likeness (QED) is 0.289. The standard InChI is InChI=1S/C22H26N6O3S/c1-14(2)11-24-20-16-12-25-28(21(16)27-22(26-20)32-3)9-8-23-19(29)7-5-15-4-6-17-18(10-15)31-13-30-17/h4-7,10,12,14H,8-9,11,13H2,1-3H3,(H,23,29)(H,24,26,27)/b7-5-. The van der Waals surface area contributed by atoms with Gasteiger partial charge in [0.25, 0.3) is 0 Å². The molecule has 2 N–H and O–H groups in total. The number of nitrogens with zero attached hydrogens (tertiary/aromatic N) is 4. The highest BCUT2D eigenvalue weighted by Gasteiger charge is 2.14. The van der Waals surface area contributed by atoms with E-state index in [-0.39, 0.29) is 12.7 Å². The van der Waals surface area contributed by atoms with Crippen LogP contribution in [-0.2, 0) is 11.3 Å². The van der Waals surface area contributed by atoms with Gasteiger partial charge in [0.15, 0.2) is 22.3 Å². The third kappa shape index (κ3) is 5.13. The number of hydrogen-bond acceptors (Lipinski definition) is 8. The minimum absolute atomic E-state index is 0.183. The monoisotopic (exact) mass is 454 g/mol. The Morgan fingerprint density at radius 3 is 2.94 bits per heavy atom. The molecule has 10 heteroatoms. The first-order valence-corrected chi connectivity index (χ1v) is 11.6. The fourth-order valence-electron chi connectivity index (χ4n) is 3.16. The molecule has 1 aliphatic heterocycles. The second-order valence-electron chi connectivity index (χ2n) is 7.68. The molecule has 1 amide bonds. The van der Waals surface area contributed by atoms with Crippen LogP contribution < -0.4 is 20.1 Å². The number of amides is 1. The summed E-state index contributed by atoms with van der Waals surface area (Å²) in [4.78, 5) is 21.4. The van der Waals surface area contributed by atoms with E-state index in [1.807, 2.05) is 24.5 Å². The fourth-order valence-corrected chi connectivity index (χ4v) is 3.52. The van der Waals surface area contributed by atoms with Crippen LogP contribution >= 0.6 is 11.8 Å². The number of thioether (sulfide) groups is 1. The number of hydrogen-bond donors (Lipinski definition) is 2. The lowest BCUT2D eigenvalue weighted by Gasteiger charge is -2.10. The summed E-state index contributed by atoms with van der Waals surface area (Å²) < 4.78 is 12.4. The molecule has 1 aliphatic rings. The molecule has 0 bridgehead atoms. The normalized spacial score (nSPS) is 12.8. The van der Waals surface area contributed by atoms with Gasteiger partial charge < -0.3 is 20.1 Å². The molecule has 1 aromatic carbocycles. The van der Waals surface area contributed by atoms with Crippen molar-refractivity contribution in [3.63, 3.8) is 0 Å². The molecule has 2 aromatic heterocycles. The molecule has 0 saturated carbocycles. The van der Waals surface area contributed by atoms with Crippen LogP contribution in [-0.4, -0.2) is 51.8 Å². The third-order valence-electron chi connectivity index (χ3n) is 4.78. The zero-order valence-corrected chi connectivity index (χ0v) is 19.1. The Hall–Kier alpha value is -3.27. The van der Waals surface area contributed by atoms with Gasteiger partial charge >= 0.3 is 0 Å². The lowest BCUT2D eigenvalue weighted by Crippen LogP contribution is -2.25. The summed E-state index contributed by atoms with van der Waals surface area (Å²) in [7, 11) is 0. The topological polar surface area (TPSA) is 103 Å². The smallest absolute Gasteiger partial charge is 0.244 e. The maximum atomic E-state index is 12.2. The van der Waals surface area contributed by atoms with E-state index in [4.69, 9.17) is 9.47 Å². The number of aromatic nitrogens is 4. The van der Waals surface area contributed by atoms with Crippen LogP contribution in [0.4, 0.5) is 5.82 Å². The van der Waals surface area contributed by atoms with Crippen LogP contribution in [0, 0.1) is 5.92 Å². The summed E-state index contributed by atoms with van der Waals surface area (Å²) in [5.74, 6) is 2.50. The van der Waals surface area contributed by atoms with Crippen molar-refractivity contribution >= 4 is 40.6 Å². The van der Waals surface area contributed by atoms with Gasteiger partial charge in [-0.15, -0.1) is 0 Å². The van der Waals surface area contributed by atoms with E-state index < -0.39 is 0 Å². The average Bonchev–Trinajstić information content (AvgIpc) is 3.42. The predicted octanol–water partition coefficient (Wildman–Crippen LogP) is 3.17. The van der Waals surface area contributed by atoms with Crippen molar-refractivity contribution in [2.24, 2.45) is 5.92 Å². The van der Waals surface area contributed by atoms with Gasteiger partial charge in [-0.2, -0.15) is 5.10 Å². The van der Waals surface area contributed by atoms with Crippen molar-refractivity contribution in [3.05, 3.63) is 36.0 Å². The van der Waals surface area contributed by atoms with Crippen molar-refractivity contribution in [1.82, 2.24) is 25.1 Å². The Balaban J connectivity index is 1.37. The molecule has 3 aromatic rings. The summed E-state index contributed by atoms with van der Waals surface area (Å²) >= 11 is 1.49. The minimum atomic E-state index is -0.183. The van der Waals surface area contributed by atoms with E-state index in [2.05, 4.69) is 39.5 Å². The fraction of sp³-hybridized carbons (Fsp3) is 0.364. The number of benzene rings is 1. The number of carbonyl (C=O) groups is 1. The SMILES string of the molecule is CSc1nc(NCC(C)C)c2cnn(CCNC(=O)/C=C\c3ccc4c(c3)OCO4)c2n1. The van der Waals surface area contributed by atoms with Crippen LogP contribution in [0.5, 0.6) is 11.5 Å². The maximum Gasteiger partial charge on any atom is 0.244 e. The molecule has 168 valence electrons. The molecule has 0 atom stereocenters. The number of anilines is 1. The van der Waals surface area contributed by atoms with E-state index in [0.717, 1.165) is 29.0 Å². The first-order chi connectivity index (χ1) is 15.5. The van der Waals surface area contributed by atoms with E-state index in [0.29, 0.717) is 35.7 Å². The van der Waals surface area contributed by atoms with Crippen LogP contribution in [0.1, 0.15) is 19.4 Å². The molecule has 4 rings (SSSR count). The van der Waals surface area contributed by atoms with Crippen molar-refractivity contribution in [2.45, 2.75) is 25.5 Å².